The fourth-order valence-corrected chi connectivity index (χ4v) is 2.48. The molecule has 0 aliphatic rings. The van der Waals surface area contributed by atoms with Crippen molar-refractivity contribution in [2.75, 3.05) is 13.2 Å². The third-order valence-corrected chi connectivity index (χ3v) is 3.68. The molecule has 1 heterocycles. The Hall–Kier alpha value is -1.85. The Bertz CT molecular complexity index is 593. The molecule has 5 heteroatoms. The number of aliphatic hydroxyl groups excluding tert-OH is 1. The van der Waals surface area contributed by atoms with Gasteiger partial charge in [0.2, 0.25) is 0 Å². The zero-order valence-electron chi connectivity index (χ0n) is 13.3. The topological polar surface area (TPSA) is 84.2 Å². The molecule has 0 unspecified atom stereocenters. The second kappa shape index (κ2) is 7.96. The predicted octanol–water partition coefficient (Wildman–Crippen LogP) is 2.34. The zero-order valence-corrected chi connectivity index (χ0v) is 13.3. The van der Waals surface area contributed by atoms with E-state index in [1.807, 2.05) is 18.3 Å². The Morgan fingerprint density at radius 1 is 1.27 bits per heavy atom. The van der Waals surface area contributed by atoms with Crippen LogP contribution in [-0.4, -0.2) is 28.5 Å². The minimum Gasteiger partial charge on any atom is -0.493 e. The van der Waals surface area contributed by atoms with Gasteiger partial charge in [0.15, 0.2) is 0 Å². The lowest BCUT2D eigenvalue weighted by Gasteiger charge is -2.12. The van der Waals surface area contributed by atoms with Crippen molar-refractivity contribution in [3.8, 4) is 5.75 Å². The van der Waals surface area contributed by atoms with Crippen LogP contribution >= 0.6 is 0 Å². The molecule has 0 bridgehead atoms. The molecule has 0 aliphatic carbocycles. The maximum absolute atomic E-state index is 8.79. The second-order valence-corrected chi connectivity index (χ2v) is 5.70. The van der Waals surface area contributed by atoms with E-state index in [1.54, 1.807) is 0 Å². The van der Waals surface area contributed by atoms with Gasteiger partial charge in [-0.05, 0) is 34.7 Å². The molecule has 2 rings (SSSR count). The molecule has 0 saturated heterocycles. The first kappa shape index (κ1) is 16.5. The van der Waals surface area contributed by atoms with Crippen LogP contribution in [0.5, 0.6) is 5.75 Å². The molecule has 0 fully saturated rings. The predicted molar refractivity (Wildman–Crippen MR) is 87.0 cm³/mol. The van der Waals surface area contributed by atoms with E-state index >= 15 is 0 Å². The molecule has 5 nitrogen and oxygen atoms in total. The Morgan fingerprint density at radius 3 is 2.77 bits per heavy atom. The molecule has 2 aromatic rings. The standard InChI is InChI=1S/C17H25N3O2/c1-12(2)17-15(11-19-20-17)8-13-4-5-16(9-14(13)10-18)22-7-3-6-21/h4-5,9,11-12,21H,3,6-8,10,18H2,1-2H3,(H,19,20). The van der Waals surface area contributed by atoms with Gasteiger partial charge in [-0.3, -0.25) is 5.10 Å². The number of rotatable bonds is 8. The van der Waals surface area contributed by atoms with Crippen LogP contribution in [0.2, 0.25) is 0 Å². The van der Waals surface area contributed by atoms with E-state index in [4.69, 9.17) is 15.6 Å². The summed E-state index contributed by atoms with van der Waals surface area (Å²) in [6.07, 6.45) is 3.33. The van der Waals surface area contributed by atoms with Crippen LogP contribution < -0.4 is 10.5 Å². The average molecular weight is 303 g/mol. The molecule has 0 spiro atoms. The highest BCUT2D eigenvalue weighted by Crippen LogP contribution is 2.24. The van der Waals surface area contributed by atoms with Crippen LogP contribution in [-0.2, 0) is 13.0 Å². The maximum Gasteiger partial charge on any atom is 0.119 e. The molecule has 22 heavy (non-hydrogen) atoms. The molecular formula is C17H25N3O2. The number of ether oxygens (including phenoxy) is 1. The molecule has 0 aliphatic heterocycles. The fourth-order valence-electron chi connectivity index (χ4n) is 2.48. The van der Waals surface area contributed by atoms with Gasteiger partial charge >= 0.3 is 0 Å². The van der Waals surface area contributed by atoms with Crippen molar-refractivity contribution in [1.82, 2.24) is 10.2 Å². The summed E-state index contributed by atoms with van der Waals surface area (Å²) < 4.78 is 5.61. The van der Waals surface area contributed by atoms with Crippen molar-refractivity contribution in [2.24, 2.45) is 5.73 Å². The Labute approximate surface area is 131 Å². The summed E-state index contributed by atoms with van der Waals surface area (Å²) in [7, 11) is 0. The number of nitrogens with one attached hydrogen (secondary N) is 1. The van der Waals surface area contributed by atoms with Crippen molar-refractivity contribution >= 4 is 0 Å². The van der Waals surface area contributed by atoms with Crippen LogP contribution in [0.4, 0.5) is 0 Å². The minimum atomic E-state index is 0.139. The van der Waals surface area contributed by atoms with E-state index < -0.39 is 0 Å². The van der Waals surface area contributed by atoms with Gasteiger partial charge in [-0.2, -0.15) is 5.10 Å². The summed E-state index contributed by atoms with van der Waals surface area (Å²) in [5.74, 6) is 1.22. The zero-order chi connectivity index (χ0) is 15.9. The van der Waals surface area contributed by atoms with Crippen LogP contribution in [0.15, 0.2) is 24.4 Å². The lowest BCUT2D eigenvalue weighted by atomic mass is 9.97. The smallest absolute Gasteiger partial charge is 0.119 e. The molecule has 1 aromatic carbocycles. The van der Waals surface area contributed by atoms with E-state index in [1.165, 1.54) is 16.8 Å². The van der Waals surface area contributed by atoms with E-state index in [2.05, 4.69) is 30.1 Å². The van der Waals surface area contributed by atoms with Crippen LogP contribution in [0.25, 0.3) is 0 Å². The van der Waals surface area contributed by atoms with Crippen LogP contribution in [0, 0.1) is 0 Å². The molecular weight excluding hydrogens is 278 g/mol. The van der Waals surface area contributed by atoms with Crippen molar-refractivity contribution < 1.29 is 9.84 Å². The first-order valence-electron chi connectivity index (χ1n) is 7.73. The molecule has 0 saturated carbocycles. The summed E-state index contributed by atoms with van der Waals surface area (Å²) >= 11 is 0. The molecule has 1 aromatic heterocycles. The number of H-pyrrole nitrogens is 1. The van der Waals surface area contributed by atoms with Gasteiger partial charge in [0.25, 0.3) is 0 Å². The molecule has 120 valence electrons. The van der Waals surface area contributed by atoms with Gasteiger partial charge in [0, 0.05) is 31.7 Å². The quantitative estimate of drug-likeness (QED) is 0.654. The molecule has 4 N–H and O–H groups in total. The molecule has 0 amide bonds. The first-order valence-corrected chi connectivity index (χ1v) is 7.73. The highest BCUT2D eigenvalue weighted by Gasteiger charge is 2.12. The molecule has 0 radical (unpaired) electrons. The number of hydrogen-bond acceptors (Lipinski definition) is 4. The summed E-state index contributed by atoms with van der Waals surface area (Å²) in [5.41, 5.74) is 10.5. The van der Waals surface area contributed by atoms with E-state index in [-0.39, 0.29) is 6.61 Å². The van der Waals surface area contributed by atoms with Gasteiger partial charge < -0.3 is 15.6 Å². The fraction of sp³-hybridized carbons (Fsp3) is 0.471. The number of aromatic nitrogens is 2. The highest BCUT2D eigenvalue weighted by atomic mass is 16.5. The van der Waals surface area contributed by atoms with Gasteiger partial charge in [0.05, 0.1) is 12.8 Å². The van der Waals surface area contributed by atoms with Crippen molar-refractivity contribution in [2.45, 2.75) is 39.2 Å². The number of benzene rings is 1. The number of hydrogen-bond donors (Lipinski definition) is 3. The van der Waals surface area contributed by atoms with Crippen molar-refractivity contribution in [1.29, 1.82) is 0 Å². The Balaban J connectivity index is 2.15. The summed E-state index contributed by atoms with van der Waals surface area (Å²) in [6, 6.07) is 6.01. The Kier molecular flexibility index (Phi) is 5.98. The van der Waals surface area contributed by atoms with Gasteiger partial charge in [-0.25, -0.2) is 0 Å². The summed E-state index contributed by atoms with van der Waals surface area (Å²) in [4.78, 5) is 0. The normalized spacial score (nSPS) is 11.1. The largest absolute Gasteiger partial charge is 0.493 e. The van der Waals surface area contributed by atoms with Crippen LogP contribution in [0.1, 0.15) is 48.6 Å². The van der Waals surface area contributed by atoms with Crippen LogP contribution in [0.3, 0.4) is 0 Å². The maximum atomic E-state index is 8.79. The lowest BCUT2D eigenvalue weighted by Crippen LogP contribution is -2.05. The SMILES string of the molecule is CC(C)c1[nH]ncc1Cc1ccc(OCCCO)cc1CN. The summed E-state index contributed by atoms with van der Waals surface area (Å²) in [5, 5.41) is 16.0. The highest BCUT2D eigenvalue weighted by molar-refractivity contribution is 5.39. The van der Waals surface area contributed by atoms with Crippen molar-refractivity contribution in [3.63, 3.8) is 0 Å². The van der Waals surface area contributed by atoms with E-state index in [0.717, 1.165) is 17.7 Å². The van der Waals surface area contributed by atoms with E-state index in [0.29, 0.717) is 25.5 Å². The second-order valence-electron chi connectivity index (χ2n) is 5.70. The summed E-state index contributed by atoms with van der Waals surface area (Å²) in [6.45, 7) is 5.43. The van der Waals surface area contributed by atoms with E-state index in [9.17, 15) is 0 Å². The third kappa shape index (κ3) is 4.08. The van der Waals surface area contributed by atoms with Gasteiger partial charge in [-0.1, -0.05) is 19.9 Å². The van der Waals surface area contributed by atoms with Crippen molar-refractivity contribution in [3.05, 3.63) is 46.8 Å². The Morgan fingerprint density at radius 2 is 2.09 bits per heavy atom. The first-order chi connectivity index (χ1) is 10.7. The monoisotopic (exact) mass is 303 g/mol. The number of aromatic amines is 1. The van der Waals surface area contributed by atoms with Gasteiger partial charge in [-0.15, -0.1) is 0 Å². The number of nitrogens with zero attached hydrogens (tertiary/aromatic N) is 1. The number of nitrogens with two attached hydrogens (primary N) is 1. The third-order valence-electron chi connectivity index (χ3n) is 3.68. The minimum absolute atomic E-state index is 0.139. The molecule has 0 atom stereocenters. The average Bonchev–Trinajstić information content (AvgIpc) is 2.97. The number of aliphatic hydroxyl groups is 1. The lowest BCUT2D eigenvalue weighted by molar-refractivity contribution is 0.233. The van der Waals surface area contributed by atoms with Gasteiger partial charge in [0.1, 0.15) is 5.75 Å².